The zero-order valence-electron chi connectivity index (χ0n) is 10.4. The van der Waals surface area contributed by atoms with Crippen molar-refractivity contribution >= 4 is 5.91 Å². The van der Waals surface area contributed by atoms with Gasteiger partial charge in [-0.15, -0.1) is 0 Å². The lowest BCUT2D eigenvalue weighted by atomic mass is 10.2. The van der Waals surface area contributed by atoms with Crippen molar-refractivity contribution in [2.75, 3.05) is 0 Å². The molecule has 0 aliphatic heterocycles. The Kier molecular flexibility index (Phi) is 8.03. The average molecular weight is 229 g/mol. The van der Waals surface area contributed by atoms with E-state index in [1.807, 2.05) is 26.0 Å². The van der Waals surface area contributed by atoms with Crippen LogP contribution < -0.4 is 5.32 Å². The third-order valence-corrected chi connectivity index (χ3v) is 1.93. The van der Waals surface area contributed by atoms with E-state index in [2.05, 4.69) is 18.5 Å². The standard InChI is InChI=1S/C15H19NO/c1-5-9-11-13(7-3)15(17)16-14(8-4)12-10-6-2/h5-12H,1,4H2,2-3H3,(H,16,17)/b10-6-,11-9-,13-7+,14-12+. The molecule has 1 N–H and O–H groups in total. The van der Waals surface area contributed by atoms with E-state index in [9.17, 15) is 4.79 Å². The molecule has 0 aromatic rings. The molecule has 0 aliphatic rings. The molecule has 0 rings (SSSR count). The quantitative estimate of drug-likeness (QED) is 0.548. The Morgan fingerprint density at radius 3 is 2.35 bits per heavy atom. The Morgan fingerprint density at radius 1 is 1.18 bits per heavy atom. The number of carbonyl (C=O) groups is 1. The molecule has 0 unspecified atom stereocenters. The molecule has 17 heavy (non-hydrogen) atoms. The molecular formula is C15H19NO. The van der Waals surface area contributed by atoms with Crippen LogP contribution in [0.25, 0.3) is 0 Å². The van der Waals surface area contributed by atoms with Gasteiger partial charge >= 0.3 is 0 Å². The lowest BCUT2D eigenvalue weighted by Crippen LogP contribution is -2.22. The summed E-state index contributed by atoms with van der Waals surface area (Å²) in [5, 5.41) is 2.76. The van der Waals surface area contributed by atoms with Crippen LogP contribution in [-0.2, 0) is 4.79 Å². The molecule has 0 saturated heterocycles. The minimum absolute atomic E-state index is 0.166. The Labute approximate surface area is 103 Å². The molecule has 0 aromatic heterocycles. The number of carbonyl (C=O) groups excluding carboxylic acids is 1. The Hall–Kier alpha value is -2.09. The van der Waals surface area contributed by atoms with Crippen molar-refractivity contribution in [2.24, 2.45) is 0 Å². The Balaban J connectivity index is 4.76. The van der Waals surface area contributed by atoms with E-state index in [-0.39, 0.29) is 5.91 Å². The highest BCUT2D eigenvalue weighted by Crippen LogP contribution is 2.00. The molecule has 0 aromatic carbocycles. The van der Waals surface area contributed by atoms with Crippen molar-refractivity contribution in [3.8, 4) is 0 Å². The van der Waals surface area contributed by atoms with Crippen molar-refractivity contribution in [1.29, 1.82) is 0 Å². The zero-order valence-corrected chi connectivity index (χ0v) is 10.4. The van der Waals surface area contributed by atoms with Gasteiger partial charge in [0, 0.05) is 11.3 Å². The lowest BCUT2D eigenvalue weighted by molar-refractivity contribution is -0.116. The second kappa shape index (κ2) is 9.16. The van der Waals surface area contributed by atoms with E-state index in [0.29, 0.717) is 11.3 Å². The fraction of sp³-hybridized carbons (Fsp3) is 0.133. The summed E-state index contributed by atoms with van der Waals surface area (Å²) in [6.07, 6.45) is 13.9. The van der Waals surface area contributed by atoms with E-state index in [4.69, 9.17) is 0 Å². The van der Waals surface area contributed by atoms with Gasteiger partial charge in [-0.05, 0) is 32.1 Å². The number of nitrogens with one attached hydrogen (secondary N) is 1. The second-order valence-electron chi connectivity index (χ2n) is 3.14. The topological polar surface area (TPSA) is 29.1 Å². The summed E-state index contributed by atoms with van der Waals surface area (Å²) >= 11 is 0. The summed E-state index contributed by atoms with van der Waals surface area (Å²) < 4.78 is 0. The van der Waals surface area contributed by atoms with Gasteiger partial charge in [0.05, 0.1) is 0 Å². The van der Waals surface area contributed by atoms with Gasteiger partial charge in [0.25, 0.3) is 5.91 Å². The fourth-order valence-electron chi connectivity index (χ4n) is 1.04. The number of amides is 1. The van der Waals surface area contributed by atoms with Crippen molar-refractivity contribution < 1.29 is 4.79 Å². The van der Waals surface area contributed by atoms with Crippen LogP contribution in [0.4, 0.5) is 0 Å². The van der Waals surface area contributed by atoms with E-state index in [0.717, 1.165) is 0 Å². The molecule has 90 valence electrons. The van der Waals surface area contributed by atoms with E-state index in [1.165, 1.54) is 0 Å². The molecule has 0 heterocycles. The summed E-state index contributed by atoms with van der Waals surface area (Å²) in [7, 11) is 0. The van der Waals surface area contributed by atoms with Gasteiger partial charge in [-0.3, -0.25) is 4.79 Å². The normalized spacial score (nSPS) is 13.1. The first-order chi connectivity index (χ1) is 8.19. The Morgan fingerprint density at radius 2 is 1.88 bits per heavy atom. The van der Waals surface area contributed by atoms with Crippen LogP contribution in [0.1, 0.15) is 13.8 Å². The molecular weight excluding hydrogens is 210 g/mol. The van der Waals surface area contributed by atoms with Crippen molar-refractivity contribution in [1.82, 2.24) is 5.32 Å². The number of hydrogen-bond donors (Lipinski definition) is 1. The largest absolute Gasteiger partial charge is 0.322 e. The monoisotopic (exact) mass is 229 g/mol. The van der Waals surface area contributed by atoms with E-state index >= 15 is 0 Å². The molecule has 2 nitrogen and oxygen atoms in total. The summed E-state index contributed by atoms with van der Waals surface area (Å²) in [6.45, 7) is 10.9. The minimum Gasteiger partial charge on any atom is -0.322 e. The van der Waals surface area contributed by atoms with Gasteiger partial charge in [-0.2, -0.15) is 0 Å². The van der Waals surface area contributed by atoms with Gasteiger partial charge < -0.3 is 5.32 Å². The maximum atomic E-state index is 11.8. The van der Waals surface area contributed by atoms with E-state index < -0.39 is 0 Å². The number of hydrogen-bond acceptors (Lipinski definition) is 1. The Bertz CT molecular complexity index is 395. The van der Waals surface area contributed by atoms with Gasteiger partial charge in [0.2, 0.25) is 0 Å². The van der Waals surface area contributed by atoms with Crippen LogP contribution in [0.2, 0.25) is 0 Å². The first-order valence-corrected chi connectivity index (χ1v) is 5.41. The van der Waals surface area contributed by atoms with Crippen molar-refractivity contribution in [3.05, 3.63) is 73.0 Å². The van der Waals surface area contributed by atoms with Gasteiger partial charge in [-0.1, -0.05) is 43.5 Å². The van der Waals surface area contributed by atoms with Crippen LogP contribution in [0.15, 0.2) is 73.0 Å². The first kappa shape index (κ1) is 14.9. The third-order valence-electron chi connectivity index (χ3n) is 1.93. The number of rotatable bonds is 6. The SMILES string of the molecule is C=C/C=C\C(=C/C)C(=O)N/C(C=C)=C/C=C\C. The predicted molar refractivity (Wildman–Crippen MR) is 74.3 cm³/mol. The highest BCUT2D eigenvalue weighted by Gasteiger charge is 2.04. The van der Waals surface area contributed by atoms with Crippen molar-refractivity contribution in [2.45, 2.75) is 13.8 Å². The molecule has 0 radical (unpaired) electrons. The number of allylic oxidation sites excluding steroid dienone is 7. The molecule has 0 fully saturated rings. The highest BCUT2D eigenvalue weighted by atomic mass is 16.1. The fourth-order valence-corrected chi connectivity index (χ4v) is 1.04. The molecule has 0 spiro atoms. The highest BCUT2D eigenvalue weighted by molar-refractivity contribution is 5.97. The van der Waals surface area contributed by atoms with Crippen LogP contribution in [0.3, 0.4) is 0 Å². The minimum atomic E-state index is -0.166. The van der Waals surface area contributed by atoms with Gasteiger partial charge in [0.15, 0.2) is 0 Å². The summed E-state index contributed by atoms with van der Waals surface area (Å²) in [5.74, 6) is -0.166. The molecule has 2 heteroatoms. The van der Waals surface area contributed by atoms with Crippen LogP contribution >= 0.6 is 0 Å². The molecule has 1 amide bonds. The average Bonchev–Trinajstić information content (AvgIpc) is 2.35. The van der Waals surface area contributed by atoms with Gasteiger partial charge in [-0.25, -0.2) is 0 Å². The second-order valence-corrected chi connectivity index (χ2v) is 3.14. The molecule has 0 aliphatic carbocycles. The predicted octanol–water partition coefficient (Wildman–Crippen LogP) is 3.44. The van der Waals surface area contributed by atoms with Crippen LogP contribution in [0, 0.1) is 0 Å². The first-order valence-electron chi connectivity index (χ1n) is 5.41. The molecule has 0 atom stereocenters. The molecule has 0 bridgehead atoms. The smallest absolute Gasteiger partial charge is 0.255 e. The van der Waals surface area contributed by atoms with Crippen molar-refractivity contribution in [3.63, 3.8) is 0 Å². The van der Waals surface area contributed by atoms with Crippen LogP contribution in [0.5, 0.6) is 0 Å². The van der Waals surface area contributed by atoms with Crippen LogP contribution in [-0.4, -0.2) is 5.91 Å². The zero-order chi connectivity index (χ0) is 13.1. The molecule has 0 saturated carbocycles. The lowest BCUT2D eigenvalue weighted by Gasteiger charge is -2.05. The summed E-state index contributed by atoms with van der Waals surface area (Å²) in [4.78, 5) is 11.8. The van der Waals surface area contributed by atoms with Gasteiger partial charge in [0.1, 0.15) is 0 Å². The maximum absolute atomic E-state index is 11.8. The van der Waals surface area contributed by atoms with E-state index in [1.54, 1.807) is 36.5 Å². The summed E-state index contributed by atoms with van der Waals surface area (Å²) in [5.41, 5.74) is 1.25. The maximum Gasteiger partial charge on any atom is 0.255 e. The third kappa shape index (κ3) is 6.15. The summed E-state index contributed by atoms with van der Waals surface area (Å²) in [6, 6.07) is 0.